The Hall–Kier alpha value is -4.88. The Kier molecular flexibility index (Phi) is 9.20. The lowest BCUT2D eigenvalue weighted by molar-refractivity contribution is 0.443. The van der Waals surface area contributed by atoms with E-state index in [4.69, 9.17) is 0 Å². The third-order valence-electron chi connectivity index (χ3n) is 12.4. The van der Waals surface area contributed by atoms with E-state index in [1.807, 2.05) is 0 Å². The van der Waals surface area contributed by atoms with Gasteiger partial charge in [-0.05, 0) is 133 Å². The molecular weight excluding hydrogens is 651 g/mol. The molecule has 1 fully saturated rings. The van der Waals surface area contributed by atoms with Crippen LogP contribution in [0.25, 0.3) is 33.4 Å². The normalized spacial score (nSPS) is 15.5. The van der Waals surface area contributed by atoms with Crippen LogP contribution in [0.3, 0.4) is 0 Å². The fourth-order valence-electron chi connectivity index (χ4n) is 8.97. The van der Waals surface area contributed by atoms with Gasteiger partial charge in [-0.2, -0.15) is 0 Å². The van der Waals surface area contributed by atoms with Gasteiger partial charge in [0.1, 0.15) is 0 Å². The number of fused-ring (bicyclic) bond motifs is 3. The smallest absolute Gasteiger partial charge is 0.0467 e. The van der Waals surface area contributed by atoms with E-state index in [1.165, 1.54) is 105 Å². The molecule has 0 spiro atoms. The van der Waals surface area contributed by atoms with Gasteiger partial charge in [0.15, 0.2) is 0 Å². The lowest BCUT2D eigenvalue weighted by Crippen LogP contribution is -2.19. The molecule has 0 saturated heterocycles. The van der Waals surface area contributed by atoms with Crippen molar-refractivity contribution in [2.24, 2.45) is 0 Å². The molecule has 0 amide bonds. The van der Waals surface area contributed by atoms with Crippen molar-refractivity contribution >= 4 is 17.1 Å². The molecule has 0 bridgehead atoms. The van der Waals surface area contributed by atoms with Crippen LogP contribution in [0.2, 0.25) is 0 Å². The van der Waals surface area contributed by atoms with E-state index < -0.39 is 0 Å². The van der Waals surface area contributed by atoms with Crippen molar-refractivity contribution in [3.63, 3.8) is 0 Å². The molecule has 0 radical (unpaired) electrons. The molecule has 1 saturated carbocycles. The lowest BCUT2D eigenvalue weighted by atomic mass is 9.80. The molecule has 0 unspecified atom stereocenters. The van der Waals surface area contributed by atoms with Gasteiger partial charge >= 0.3 is 0 Å². The largest absolute Gasteiger partial charge is 0.310 e. The van der Waals surface area contributed by atoms with E-state index in [2.05, 4.69) is 194 Å². The number of anilines is 3. The van der Waals surface area contributed by atoms with E-state index in [-0.39, 0.29) is 16.2 Å². The highest BCUT2D eigenvalue weighted by Gasteiger charge is 2.36. The molecule has 1 nitrogen and oxygen atoms in total. The van der Waals surface area contributed by atoms with Crippen LogP contribution in [0.5, 0.6) is 0 Å². The summed E-state index contributed by atoms with van der Waals surface area (Å²) in [6.07, 6.45) is 6.78. The Morgan fingerprint density at radius 3 is 1.70 bits per heavy atom. The van der Waals surface area contributed by atoms with Crippen molar-refractivity contribution in [2.75, 3.05) is 4.90 Å². The van der Waals surface area contributed by atoms with Crippen LogP contribution in [0.15, 0.2) is 133 Å². The second-order valence-corrected chi connectivity index (χ2v) is 18.6. The fraction of sp³-hybridized carbons (Fsp3) is 0.321. The Morgan fingerprint density at radius 2 is 1.04 bits per heavy atom. The number of nitrogens with zero attached hydrogens (tertiary/aromatic N) is 1. The summed E-state index contributed by atoms with van der Waals surface area (Å²) in [5.41, 5.74) is 18.1. The summed E-state index contributed by atoms with van der Waals surface area (Å²) in [4.78, 5) is 2.50. The average molecular weight is 708 g/mol. The molecule has 0 atom stereocenters. The fourth-order valence-corrected chi connectivity index (χ4v) is 8.97. The highest BCUT2D eigenvalue weighted by molar-refractivity contribution is 5.87. The van der Waals surface area contributed by atoms with Crippen molar-refractivity contribution in [3.05, 3.63) is 161 Å². The molecule has 0 N–H and O–H groups in total. The summed E-state index contributed by atoms with van der Waals surface area (Å²) in [7, 11) is 0. The van der Waals surface area contributed by atoms with Crippen molar-refractivity contribution in [1.82, 2.24) is 0 Å². The Morgan fingerprint density at radius 1 is 0.463 bits per heavy atom. The highest BCUT2D eigenvalue weighted by atomic mass is 15.1. The summed E-state index contributed by atoms with van der Waals surface area (Å²) >= 11 is 0. The van der Waals surface area contributed by atoms with Crippen LogP contribution in [-0.2, 0) is 16.2 Å². The summed E-state index contributed by atoms with van der Waals surface area (Å²) < 4.78 is 0. The first kappa shape index (κ1) is 36.1. The summed E-state index contributed by atoms with van der Waals surface area (Å²) in [6.45, 7) is 18.7. The third kappa shape index (κ3) is 6.83. The van der Waals surface area contributed by atoms with Crippen LogP contribution in [0.4, 0.5) is 17.1 Å². The summed E-state index contributed by atoms with van der Waals surface area (Å²) in [5.74, 6) is 0.723. The van der Waals surface area contributed by atoms with Gasteiger partial charge in [0.05, 0.1) is 0 Å². The molecule has 2 aliphatic carbocycles. The zero-order valence-corrected chi connectivity index (χ0v) is 33.8. The maximum absolute atomic E-state index is 2.50. The first-order valence-corrected chi connectivity index (χ1v) is 20.3. The van der Waals surface area contributed by atoms with Crippen LogP contribution >= 0.6 is 0 Å². The first-order valence-electron chi connectivity index (χ1n) is 20.3. The standard InChI is InChI=1S/C53H57N/c1-51(2,3)42-32-43(52(4,5)6)34-46(33-42)54(45-28-29-48-47-22-12-13-23-49(47)53(7,8)50(48)35-45)44-21-15-20-41(31-44)40-19-14-18-39(30-40)38-26-24-37(25-27-38)36-16-10-9-11-17-36/h12-15,18-36H,9-11,16-17H2,1-8H3. The average Bonchev–Trinajstić information content (AvgIpc) is 3.40. The van der Waals surface area contributed by atoms with Gasteiger partial charge in [0, 0.05) is 22.5 Å². The SMILES string of the molecule is CC(C)(C)c1cc(N(c2cccc(-c3cccc(-c4ccc(C5CCCCC5)cc4)c3)c2)c2ccc3c(c2)C(C)(C)c2ccccc2-3)cc(C(C)(C)C)c1. The first-order chi connectivity index (χ1) is 25.8. The summed E-state index contributed by atoms with van der Waals surface area (Å²) in [6, 6.07) is 51.1. The van der Waals surface area contributed by atoms with Crippen LogP contribution in [-0.4, -0.2) is 0 Å². The van der Waals surface area contributed by atoms with Gasteiger partial charge in [-0.3, -0.25) is 0 Å². The highest BCUT2D eigenvalue weighted by Crippen LogP contribution is 2.51. The van der Waals surface area contributed by atoms with Gasteiger partial charge in [0.2, 0.25) is 0 Å². The van der Waals surface area contributed by atoms with Crippen molar-refractivity contribution in [3.8, 4) is 33.4 Å². The molecule has 1 heteroatoms. The molecule has 6 aromatic rings. The predicted molar refractivity (Wildman–Crippen MR) is 233 cm³/mol. The topological polar surface area (TPSA) is 3.24 Å². The Labute approximate surface area is 325 Å². The van der Waals surface area contributed by atoms with Gasteiger partial charge in [-0.1, -0.05) is 166 Å². The summed E-state index contributed by atoms with van der Waals surface area (Å²) in [5, 5.41) is 0. The minimum Gasteiger partial charge on any atom is -0.310 e. The van der Waals surface area contributed by atoms with Gasteiger partial charge in [-0.15, -0.1) is 0 Å². The number of rotatable bonds is 6. The van der Waals surface area contributed by atoms with Gasteiger partial charge in [0.25, 0.3) is 0 Å². The quantitative estimate of drug-likeness (QED) is 0.167. The predicted octanol–water partition coefficient (Wildman–Crippen LogP) is 15.4. The van der Waals surface area contributed by atoms with E-state index in [9.17, 15) is 0 Å². The molecule has 54 heavy (non-hydrogen) atoms. The van der Waals surface area contributed by atoms with Crippen molar-refractivity contribution in [2.45, 2.75) is 110 Å². The minimum atomic E-state index is -0.0890. The van der Waals surface area contributed by atoms with Crippen molar-refractivity contribution < 1.29 is 0 Å². The molecule has 0 aliphatic heterocycles. The number of hydrogen-bond donors (Lipinski definition) is 0. The zero-order valence-electron chi connectivity index (χ0n) is 33.8. The third-order valence-corrected chi connectivity index (χ3v) is 12.4. The zero-order chi connectivity index (χ0) is 37.8. The molecule has 0 aromatic heterocycles. The monoisotopic (exact) mass is 707 g/mol. The minimum absolute atomic E-state index is 0.000143. The maximum Gasteiger partial charge on any atom is 0.0467 e. The Bertz CT molecular complexity index is 2270. The second-order valence-electron chi connectivity index (χ2n) is 18.6. The lowest BCUT2D eigenvalue weighted by Gasteiger charge is -2.32. The number of benzene rings is 6. The van der Waals surface area contributed by atoms with E-state index >= 15 is 0 Å². The molecule has 8 rings (SSSR count). The second kappa shape index (κ2) is 13.8. The van der Waals surface area contributed by atoms with Crippen LogP contribution < -0.4 is 4.90 Å². The molecule has 0 heterocycles. The number of hydrogen-bond acceptors (Lipinski definition) is 1. The maximum atomic E-state index is 2.50. The van der Waals surface area contributed by atoms with E-state index in [0.717, 1.165) is 11.6 Å². The molecule has 2 aliphatic rings. The van der Waals surface area contributed by atoms with Gasteiger partial charge in [-0.25, -0.2) is 0 Å². The molecular formula is C53H57N. The van der Waals surface area contributed by atoms with E-state index in [0.29, 0.717) is 0 Å². The van der Waals surface area contributed by atoms with Crippen LogP contribution in [0, 0.1) is 0 Å². The van der Waals surface area contributed by atoms with E-state index in [1.54, 1.807) is 0 Å². The Balaban J connectivity index is 1.24. The van der Waals surface area contributed by atoms with Gasteiger partial charge < -0.3 is 4.90 Å². The van der Waals surface area contributed by atoms with Crippen molar-refractivity contribution in [1.29, 1.82) is 0 Å². The molecule has 6 aromatic carbocycles. The molecule has 274 valence electrons. The van der Waals surface area contributed by atoms with Crippen LogP contribution in [0.1, 0.15) is 121 Å².